The molecular formula is C24H22N2O4. The fourth-order valence-electron chi connectivity index (χ4n) is 2.69. The predicted molar refractivity (Wildman–Crippen MR) is 117 cm³/mol. The zero-order valence-corrected chi connectivity index (χ0v) is 16.8. The summed E-state index contributed by atoms with van der Waals surface area (Å²) in [5, 5.41) is 3.76. The number of ether oxygens (including phenoxy) is 3. The third kappa shape index (κ3) is 5.76. The highest BCUT2D eigenvalue weighted by atomic mass is 16.5. The molecule has 0 unspecified atom stereocenters. The van der Waals surface area contributed by atoms with E-state index in [0.717, 1.165) is 16.5 Å². The van der Waals surface area contributed by atoms with Gasteiger partial charge in [0.1, 0.15) is 12.4 Å². The molecule has 30 heavy (non-hydrogen) atoms. The smallest absolute Gasteiger partial charge is 0.244 e. The SMILES string of the molecule is COc1ccc(/C=C/C(=O)NCC#CCOc2ccc3cccnc3c2)cc1OC. The summed E-state index contributed by atoms with van der Waals surface area (Å²) in [6, 6.07) is 15.0. The van der Waals surface area contributed by atoms with Crippen LogP contribution in [0.3, 0.4) is 0 Å². The molecule has 3 rings (SSSR count). The van der Waals surface area contributed by atoms with Gasteiger partial charge in [-0.25, -0.2) is 0 Å². The third-order valence-corrected chi connectivity index (χ3v) is 4.20. The average molecular weight is 402 g/mol. The van der Waals surface area contributed by atoms with Crippen LogP contribution >= 0.6 is 0 Å². The zero-order valence-electron chi connectivity index (χ0n) is 16.8. The Morgan fingerprint density at radius 3 is 2.77 bits per heavy atom. The van der Waals surface area contributed by atoms with Crippen molar-refractivity contribution in [3.8, 4) is 29.1 Å². The molecule has 6 nitrogen and oxygen atoms in total. The number of nitrogens with one attached hydrogen (secondary N) is 1. The van der Waals surface area contributed by atoms with Gasteiger partial charge in [-0.15, -0.1) is 0 Å². The number of hydrogen-bond donors (Lipinski definition) is 1. The van der Waals surface area contributed by atoms with Gasteiger partial charge >= 0.3 is 0 Å². The number of carbonyl (C=O) groups is 1. The van der Waals surface area contributed by atoms with Gasteiger partial charge in [0.05, 0.1) is 26.3 Å². The van der Waals surface area contributed by atoms with Crippen LogP contribution in [0.25, 0.3) is 17.0 Å². The lowest BCUT2D eigenvalue weighted by Gasteiger charge is -2.07. The van der Waals surface area contributed by atoms with Crippen LogP contribution in [0.2, 0.25) is 0 Å². The molecular weight excluding hydrogens is 380 g/mol. The molecule has 3 aromatic rings. The molecule has 0 saturated carbocycles. The lowest BCUT2D eigenvalue weighted by atomic mass is 10.2. The quantitative estimate of drug-likeness (QED) is 0.484. The molecule has 1 amide bonds. The summed E-state index contributed by atoms with van der Waals surface area (Å²) in [5.41, 5.74) is 1.70. The van der Waals surface area contributed by atoms with Crippen LogP contribution in [0, 0.1) is 11.8 Å². The maximum Gasteiger partial charge on any atom is 0.244 e. The number of benzene rings is 2. The summed E-state index contributed by atoms with van der Waals surface area (Å²) in [7, 11) is 3.14. The topological polar surface area (TPSA) is 69.7 Å². The number of pyridine rings is 1. The van der Waals surface area contributed by atoms with Crippen molar-refractivity contribution in [1.82, 2.24) is 10.3 Å². The van der Waals surface area contributed by atoms with Crippen molar-refractivity contribution < 1.29 is 19.0 Å². The number of amides is 1. The summed E-state index contributed by atoms with van der Waals surface area (Å²) in [6.07, 6.45) is 4.89. The largest absolute Gasteiger partial charge is 0.493 e. The van der Waals surface area contributed by atoms with Crippen LogP contribution < -0.4 is 19.5 Å². The fraction of sp³-hybridized carbons (Fsp3) is 0.167. The molecule has 0 atom stereocenters. The number of nitrogens with zero attached hydrogens (tertiary/aromatic N) is 1. The molecule has 1 heterocycles. The Morgan fingerprint density at radius 2 is 1.93 bits per heavy atom. The van der Waals surface area contributed by atoms with E-state index < -0.39 is 0 Å². The van der Waals surface area contributed by atoms with Gasteiger partial charge in [-0.3, -0.25) is 9.78 Å². The average Bonchev–Trinajstić information content (AvgIpc) is 2.79. The molecule has 1 N–H and O–H groups in total. The highest BCUT2D eigenvalue weighted by Gasteiger charge is 2.03. The highest BCUT2D eigenvalue weighted by Crippen LogP contribution is 2.27. The minimum Gasteiger partial charge on any atom is -0.493 e. The van der Waals surface area contributed by atoms with Crippen molar-refractivity contribution in [2.45, 2.75) is 0 Å². The summed E-state index contributed by atoms with van der Waals surface area (Å²) in [6.45, 7) is 0.466. The molecule has 1 aromatic heterocycles. The maximum absolute atomic E-state index is 11.9. The second-order valence-electron chi connectivity index (χ2n) is 6.17. The number of aromatic nitrogens is 1. The Hall–Kier alpha value is -3.98. The van der Waals surface area contributed by atoms with E-state index in [-0.39, 0.29) is 19.1 Å². The third-order valence-electron chi connectivity index (χ3n) is 4.20. The van der Waals surface area contributed by atoms with E-state index in [1.807, 2.05) is 36.4 Å². The van der Waals surface area contributed by atoms with Gasteiger partial charge in [-0.05, 0) is 42.0 Å². The summed E-state index contributed by atoms with van der Waals surface area (Å²) in [5.74, 6) is 7.45. The maximum atomic E-state index is 11.9. The van der Waals surface area contributed by atoms with Crippen molar-refractivity contribution >= 4 is 22.9 Å². The normalized spacial score (nSPS) is 10.3. The van der Waals surface area contributed by atoms with Crippen LogP contribution in [-0.2, 0) is 4.79 Å². The lowest BCUT2D eigenvalue weighted by molar-refractivity contribution is -0.116. The van der Waals surface area contributed by atoms with Crippen molar-refractivity contribution in [3.63, 3.8) is 0 Å². The van der Waals surface area contributed by atoms with Crippen LogP contribution in [0.5, 0.6) is 17.2 Å². The van der Waals surface area contributed by atoms with Gasteiger partial charge in [0, 0.05) is 23.7 Å². The number of carbonyl (C=O) groups excluding carboxylic acids is 1. The van der Waals surface area contributed by atoms with Gasteiger partial charge in [0.25, 0.3) is 0 Å². The van der Waals surface area contributed by atoms with Gasteiger partial charge in [0.2, 0.25) is 5.91 Å². The number of rotatable bonds is 7. The standard InChI is InChI=1S/C24H22N2O4/c1-28-22-11-7-18(16-23(22)29-2)8-12-24(27)26-13-3-4-15-30-20-10-9-19-6-5-14-25-21(19)17-20/h5-12,14,16-17H,13,15H2,1-2H3,(H,26,27)/b12-8+. The van der Waals surface area contributed by atoms with E-state index in [1.54, 1.807) is 38.6 Å². The van der Waals surface area contributed by atoms with E-state index in [0.29, 0.717) is 17.2 Å². The first-order chi connectivity index (χ1) is 14.7. The van der Waals surface area contributed by atoms with Crippen molar-refractivity contribution in [2.75, 3.05) is 27.4 Å². The minimum absolute atomic E-state index is 0.232. The summed E-state index contributed by atoms with van der Waals surface area (Å²) in [4.78, 5) is 16.2. The van der Waals surface area contributed by atoms with E-state index >= 15 is 0 Å². The van der Waals surface area contributed by atoms with Gasteiger partial charge in [0.15, 0.2) is 11.5 Å². The van der Waals surface area contributed by atoms with Crippen molar-refractivity contribution in [3.05, 3.63) is 66.4 Å². The molecule has 0 bridgehead atoms. The molecule has 0 radical (unpaired) electrons. The fourth-order valence-corrected chi connectivity index (χ4v) is 2.69. The van der Waals surface area contributed by atoms with Gasteiger partial charge in [-0.2, -0.15) is 0 Å². The lowest BCUT2D eigenvalue weighted by Crippen LogP contribution is -2.21. The van der Waals surface area contributed by atoms with E-state index in [4.69, 9.17) is 14.2 Å². The first-order valence-corrected chi connectivity index (χ1v) is 9.31. The van der Waals surface area contributed by atoms with E-state index in [1.165, 1.54) is 6.08 Å². The Labute approximate surface area is 175 Å². The molecule has 0 aliphatic carbocycles. The summed E-state index contributed by atoms with van der Waals surface area (Å²) < 4.78 is 16.0. The van der Waals surface area contributed by atoms with E-state index in [9.17, 15) is 4.79 Å². The Bertz CT molecular complexity index is 1110. The first-order valence-electron chi connectivity index (χ1n) is 9.31. The molecule has 6 heteroatoms. The molecule has 0 spiro atoms. The number of methoxy groups -OCH3 is 2. The van der Waals surface area contributed by atoms with Gasteiger partial charge < -0.3 is 19.5 Å². The monoisotopic (exact) mass is 402 g/mol. The van der Waals surface area contributed by atoms with Crippen LogP contribution in [0.15, 0.2) is 60.8 Å². The van der Waals surface area contributed by atoms with Crippen LogP contribution in [-0.4, -0.2) is 38.3 Å². The molecule has 152 valence electrons. The summed E-state index contributed by atoms with van der Waals surface area (Å²) >= 11 is 0. The second-order valence-corrected chi connectivity index (χ2v) is 6.17. The van der Waals surface area contributed by atoms with Crippen LogP contribution in [0.4, 0.5) is 0 Å². The Balaban J connectivity index is 1.43. The highest BCUT2D eigenvalue weighted by molar-refractivity contribution is 5.91. The molecule has 0 aliphatic heterocycles. The first kappa shape index (κ1) is 20.7. The number of hydrogen-bond acceptors (Lipinski definition) is 5. The Kier molecular flexibility index (Phi) is 7.28. The Morgan fingerprint density at radius 1 is 1.07 bits per heavy atom. The molecule has 0 fully saturated rings. The van der Waals surface area contributed by atoms with Gasteiger partial charge in [-0.1, -0.05) is 24.0 Å². The zero-order chi connectivity index (χ0) is 21.2. The second kappa shape index (κ2) is 10.5. The molecule has 0 saturated heterocycles. The van der Waals surface area contributed by atoms with Crippen LogP contribution in [0.1, 0.15) is 5.56 Å². The van der Waals surface area contributed by atoms with Crippen molar-refractivity contribution in [1.29, 1.82) is 0 Å². The molecule has 0 aliphatic rings. The predicted octanol–water partition coefficient (Wildman–Crippen LogP) is 3.46. The molecule has 2 aromatic carbocycles. The van der Waals surface area contributed by atoms with E-state index in [2.05, 4.69) is 22.1 Å². The minimum atomic E-state index is -0.236. The number of fused-ring (bicyclic) bond motifs is 1. The van der Waals surface area contributed by atoms with Crippen molar-refractivity contribution in [2.24, 2.45) is 0 Å².